The van der Waals surface area contributed by atoms with E-state index in [4.69, 9.17) is 11.6 Å². The highest BCUT2D eigenvalue weighted by Crippen LogP contribution is 2.46. The lowest BCUT2D eigenvalue weighted by Gasteiger charge is -2.43. The second-order valence-corrected chi connectivity index (χ2v) is 8.81. The number of pyridine rings is 1. The van der Waals surface area contributed by atoms with E-state index in [-0.39, 0.29) is 12.8 Å². The first-order valence-corrected chi connectivity index (χ1v) is 10.2. The highest BCUT2D eigenvalue weighted by Gasteiger charge is 2.48. The topological polar surface area (TPSA) is 50.7 Å². The average Bonchev–Trinajstić information content (AvgIpc) is 3.09. The zero-order valence-corrected chi connectivity index (χ0v) is 17.1. The first-order valence-electron chi connectivity index (χ1n) is 8.25. The third-order valence-corrected chi connectivity index (χ3v) is 6.38. The van der Waals surface area contributed by atoms with Crippen LogP contribution in [0.1, 0.15) is 18.5 Å². The monoisotopic (exact) mass is 470 g/mol. The molecule has 2 aromatic heterocycles. The molecule has 1 aliphatic carbocycles. The van der Waals surface area contributed by atoms with Gasteiger partial charge in [-0.1, -0.05) is 38.9 Å². The van der Waals surface area contributed by atoms with E-state index < -0.39 is 17.4 Å². The summed E-state index contributed by atoms with van der Waals surface area (Å²) in [6.07, 6.45) is 1.05. The van der Waals surface area contributed by atoms with Crippen molar-refractivity contribution in [3.05, 3.63) is 57.5 Å². The molecule has 0 saturated heterocycles. The minimum absolute atomic E-state index is 0.233. The van der Waals surface area contributed by atoms with Crippen molar-refractivity contribution in [2.24, 2.45) is 0 Å². The van der Waals surface area contributed by atoms with Crippen molar-refractivity contribution < 1.29 is 8.78 Å². The molecule has 0 unspecified atom stereocenters. The van der Waals surface area contributed by atoms with E-state index in [1.54, 1.807) is 6.07 Å². The highest BCUT2D eigenvalue weighted by atomic mass is 79.9. The van der Waals surface area contributed by atoms with Crippen molar-refractivity contribution in [2.45, 2.75) is 24.4 Å². The number of rotatable bonds is 5. The number of anilines is 1. The van der Waals surface area contributed by atoms with Crippen molar-refractivity contribution in [1.82, 2.24) is 15.2 Å². The summed E-state index contributed by atoms with van der Waals surface area (Å²) < 4.78 is 28.7. The van der Waals surface area contributed by atoms with Gasteiger partial charge >= 0.3 is 0 Å². The average molecular weight is 472 g/mol. The van der Waals surface area contributed by atoms with E-state index in [2.05, 4.69) is 36.4 Å². The van der Waals surface area contributed by atoms with E-state index in [1.165, 1.54) is 29.7 Å². The van der Waals surface area contributed by atoms with E-state index >= 15 is 0 Å². The molecule has 140 valence electrons. The molecule has 0 amide bonds. The quantitative estimate of drug-likeness (QED) is 0.523. The Morgan fingerprint density at radius 3 is 2.85 bits per heavy atom. The predicted octanol–water partition coefficient (Wildman–Crippen LogP) is 5.64. The van der Waals surface area contributed by atoms with Gasteiger partial charge in [0.25, 0.3) is 0 Å². The third-order valence-electron chi connectivity index (χ3n) is 4.65. The van der Waals surface area contributed by atoms with Crippen molar-refractivity contribution in [2.75, 3.05) is 11.9 Å². The maximum atomic E-state index is 14.2. The second kappa shape index (κ2) is 7.41. The fourth-order valence-electron chi connectivity index (χ4n) is 3.30. The molecule has 0 aliphatic heterocycles. The largest absolute Gasteiger partial charge is 0.359 e. The van der Waals surface area contributed by atoms with E-state index in [9.17, 15) is 8.78 Å². The maximum Gasteiger partial charge on any atom is 0.206 e. The summed E-state index contributed by atoms with van der Waals surface area (Å²) in [5, 5.41) is 13.3. The molecule has 4 nitrogen and oxygen atoms in total. The maximum absolute atomic E-state index is 14.2. The Morgan fingerprint density at radius 1 is 1.30 bits per heavy atom. The first kappa shape index (κ1) is 18.7. The molecule has 1 aliphatic rings. The van der Waals surface area contributed by atoms with E-state index in [0.29, 0.717) is 27.4 Å². The smallest absolute Gasteiger partial charge is 0.206 e. The lowest BCUT2D eigenvalue weighted by Crippen LogP contribution is -2.48. The molecule has 1 fully saturated rings. The summed E-state index contributed by atoms with van der Waals surface area (Å²) >= 11 is 11.0. The molecule has 2 heterocycles. The van der Waals surface area contributed by atoms with Crippen LogP contribution in [0, 0.1) is 5.82 Å². The van der Waals surface area contributed by atoms with E-state index in [1.807, 2.05) is 12.1 Å². The number of aromatic nitrogens is 3. The number of alkyl halides is 1. The van der Waals surface area contributed by atoms with Crippen LogP contribution < -0.4 is 5.32 Å². The van der Waals surface area contributed by atoms with Gasteiger partial charge in [-0.3, -0.25) is 4.98 Å². The molecule has 0 spiro atoms. The Bertz CT molecular complexity index is 978. The molecule has 1 N–H and O–H groups in total. The zero-order chi connectivity index (χ0) is 19.0. The van der Waals surface area contributed by atoms with E-state index in [0.717, 1.165) is 10.0 Å². The van der Waals surface area contributed by atoms with Crippen LogP contribution in [0.2, 0.25) is 5.02 Å². The summed E-state index contributed by atoms with van der Waals surface area (Å²) in [6, 6.07) is 8.39. The standard InChI is InChI=1S/C18H14BrClF2N4S/c19-10-3-4-13(20)12(6-10)16-25-26-17(27-16)24-9-18(7-11(21)8-18)15-14(22)2-1-5-23-15/h1-6,11H,7-9H2,(H,24,26). The number of hydrogen-bond acceptors (Lipinski definition) is 5. The summed E-state index contributed by atoms with van der Waals surface area (Å²) in [5.74, 6) is -0.412. The Morgan fingerprint density at radius 2 is 2.11 bits per heavy atom. The zero-order valence-electron chi connectivity index (χ0n) is 13.9. The summed E-state index contributed by atoms with van der Waals surface area (Å²) in [5.41, 5.74) is 0.394. The number of hydrogen-bond donors (Lipinski definition) is 1. The Hall–Kier alpha value is -1.64. The predicted molar refractivity (Wildman–Crippen MR) is 107 cm³/mol. The summed E-state index contributed by atoms with van der Waals surface area (Å²) in [7, 11) is 0. The van der Waals surface area contributed by atoms with Crippen LogP contribution in [-0.4, -0.2) is 27.9 Å². The second-order valence-electron chi connectivity index (χ2n) is 6.51. The van der Waals surface area contributed by atoms with Crippen molar-refractivity contribution in [3.8, 4) is 10.6 Å². The minimum Gasteiger partial charge on any atom is -0.359 e. The van der Waals surface area contributed by atoms with Crippen LogP contribution in [0.3, 0.4) is 0 Å². The summed E-state index contributed by atoms with van der Waals surface area (Å²) in [4.78, 5) is 4.16. The normalized spacial score (nSPS) is 21.7. The van der Waals surface area contributed by atoms with Gasteiger partial charge in [0.15, 0.2) is 5.01 Å². The number of nitrogens with one attached hydrogen (secondary N) is 1. The molecule has 3 aromatic rings. The molecule has 0 radical (unpaired) electrons. The fourth-order valence-corrected chi connectivity index (χ4v) is 4.69. The molecule has 9 heteroatoms. The lowest BCUT2D eigenvalue weighted by molar-refractivity contribution is 0.0965. The molecule has 1 aromatic carbocycles. The molecule has 27 heavy (non-hydrogen) atoms. The van der Waals surface area contributed by atoms with Crippen LogP contribution >= 0.6 is 38.9 Å². The van der Waals surface area contributed by atoms with Crippen molar-refractivity contribution in [1.29, 1.82) is 0 Å². The van der Waals surface area contributed by atoms with Gasteiger partial charge in [0, 0.05) is 28.2 Å². The molecule has 4 rings (SSSR count). The molecule has 0 bridgehead atoms. The SMILES string of the molecule is Fc1cccnc1C1(CNc2nnc(-c3cc(Br)ccc3Cl)s2)CC(F)C1. The van der Waals surface area contributed by atoms with Gasteiger partial charge in [-0.2, -0.15) is 0 Å². The lowest BCUT2D eigenvalue weighted by atomic mass is 9.65. The molecule has 1 saturated carbocycles. The van der Waals surface area contributed by atoms with Gasteiger partial charge in [-0.25, -0.2) is 8.78 Å². The van der Waals surface area contributed by atoms with Crippen LogP contribution in [0.4, 0.5) is 13.9 Å². The summed E-state index contributed by atoms with van der Waals surface area (Å²) in [6.45, 7) is 0.336. The van der Waals surface area contributed by atoms with Crippen LogP contribution in [0.25, 0.3) is 10.6 Å². The van der Waals surface area contributed by atoms with Gasteiger partial charge in [0.1, 0.15) is 12.0 Å². The fraction of sp³-hybridized carbons (Fsp3) is 0.278. The number of benzene rings is 1. The van der Waals surface area contributed by atoms with Gasteiger partial charge < -0.3 is 5.32 Å². The van der Waals surface area contributed by atoms with Crippen LogP contribution in [0.15, 0.2) is 41.0 Å². The van der Waals surface area contributed by atoms with Gasteiger partial charge in [-0.15, -0.1) is 10.2 Å². The van der Waals surface area contributed by atoms with Crippen LogP contribution in [-0.2, 0) is 5.41 Å². The van der Waals surface area contributed by atoms with Gasteiger partial charge in [0.05, 0.1) is 10.7 Å². The number of halogens is 4. The van der Waals surface area contributed by atoms with Crippen molar-refractivity contribution in [3.63, 3.8) is 0 Å². The molecule has 0 atom stereocenters. The molecular formula is C18H14BrClF2N4S. The highest BCUT2D eigenvalue weighted by molar-refractivity contribution is 9.10. The van der Waals surface area contributed by atoms with Crippen LogP contribution in [0.5, 0.6) is 0 Å². The Balaban J connectivity index is 1.54. The molecular weight excluding hydrogens is 458 g/mol. The van der Waals surface area contributed by atoms with Crippen molar-refractivity contribution >= 4 is 44.0 Å². The van der Waals surface area contributed by atoms with Gasteiger partial charge in [0.2, 0.25) is 5.13 Å². The Kier molecular flexibility index (Phi) is 5.13. The Labute approximate surface area is 172 Å². The third kappa shape index (κ3) is 3.70. The first-order chi connectivity index (χ1) is 13.0. The minimum atomic E-state index is -0.946. The number of nitrogens with zero attached hydrogens (tertiary/aromatic N) is 3. The van der Waals surface area contributed by atoms with Gasteiger partial charge in [-0.05, 0) is 43.2 Å².